The van der Waals surface area contributed by atoms with Crippen molar-refractivity contribution in [2.24, 2.45) is 0 Å². The van der Waals surface area contributed by atoms with E-state index in [0.717, 1.165) is 5.39 Å². The highest BCUT2D eigenvalue weighted by Gasteiger charge is 2.19. The van der Waals surface area contributed by atoms with E-state index in [4.69, 9.17) is 14.6 Å². The minimum Gasteiger partial charge on any atom is -0.456 e. The quantitative estimate of drug-likeness (QED) is 0.700. The van der Waals surface area contributed by atoms with Gasteiger partial charge in [0.25, 0.3) is 5.78 Å². The molecule has 1 aromatic carbocycles. The summed E-state index contributed by atoms with van der Waals surface area (Å²) in [5.74, 6) is 0.689. The minimum atomic E-state index is -0.300. The molecule has 2 heterocycles. The predicted molar refractivity (Wildman–Crippen MR) is 67.5 cm³/mol. The number of hydrogen-bond donors (Lipinski definition) is 1. The van der Waals surface area contributed by atoms with E-state index >= 15 is 0 Å². The van der Waals surface area contributed by atoms with Crippen LogP contribution in [0.1, 0.15) is 22.1 Å². The van der Waals surface area contributed by atoms with Crippen LogP contribution in [0.25, 0.3) is 11.0 Å². The van der Waals surface area contributed by atoms with Gasteiger partial charge < -0.3 is 14.6 Å². The van der Waals surface area contributed by atoms with Crippen LogP contribution in [0.2, 0.25) is 0 Å². The van der Waals surface area contributed by atoms with E-state index in [0.29, 0.717) is 17.0 Å². The summed E-state index contributed by atoms with van der Waals surface area (Å²) in [6.07, 6.45) is 0. The first-order chi connectivity index (χ1) is 8.65. The van der Waals surface area contributed by atoms with Crippen molar-refractivity contribution in [1.29, 1.82) is 0 Å². The van der Waals surface area contributed by atoms with Crippen LogP contribution < -0.4 is 5.73 Å². The van der Waals surface area contributed by atoms with Crippen molar-refractivity contribution < 1.29 is 13.6 Å². The van der Waals surface area contributed by atoms with Gasteiger partial charge in [-0.3, -0.25) is 4.79 Å². The number of carbonyl (C=O) groups is 1. The third kappa shape index (κ3) is 1.59. The fraction of sp³-hybridized carbons (Fsp3) is 0.0714. The summed E-state index contributed by atoms with van der Waals surface area (Å²) in [6.45, 7) is 1.71. The maximum atomic E-state index is 12.1. The molecule has 4 nitrogen and oxygen atoms in total. The molecule has 0 fully saturated rings. The SMILES string of the molecule is Cc1oc(C(=O)c2cc3ccccc3o2)cc1N. The second-order valence-corrected chi connectivity index (χ2v) is 4.10. The number of ketones is 1. The summed E-state index contributed by atoms with van der Waals surface area (Å²) in [5, 5.41) is 0.886. The summed E-state index contributed by atoms with van der Waals surface area (Å²) < 4.78 is 10.8. The zero-order chi connectivity index (χ0) is 12.7. The van der Waals surface area contributed by atoms with Gasteiger partial charge in [-0.2, -0.15) is 0 Å². The molecule has 0 amide bonds. The van der Waals surface area contributed by atoms with E-state index in [9.17, 15) is 4.79 Å². The molecule has 3 aromatic rings. The number of nitrogens with two attached hydrogens (primary N) is 1. The number of fused-ring (bicyclic) bond motifs is 1. The normalized spacial score (nSPS) is 10.9. The largest absolute Gasteiger partial charge is 0.456 e. The molecule has 0 saturated carbocycles. The molecule has 4 heteroatoms. The van der Waals surface area contributed by atoms with Crippen molar-refractivity contribution in [2.45, 2.75) is 6.92 Å². The molecule has 0 aliphatic carbocycles. The third-order valence-electron chi connectivity index (χ3n) is 2.83. The van der Waals surface area contributed by atoms with E-state index in [1.165, 1.54) is 6.07 Å². The Morgan fingerprint density at radius 3 is 2.50 bits per heavy atom. The lowest BCUT2D eigenvalue weighted by atomic mass is 10.2. The van der Waals surface area contributed by atoms with E-state index in [-0.39, 0.29) is 17.3 Å². The number of benzene rings is 1. The third-order valence-corrected chi connectivity index (χ3v) is 2.83. The number of nitrogen functional groups attached to an aromatic ring is 1. The van der Waals surface area contributed by atoms with Crippen molar-refractivity contribution in [2.75, 3.05) is 5.73 Å². The van der Waals surface area contributed by atoms with Crippen molar-refractivity contribution in [3.63, 3.8) is 0 Å². The molecule has 0 unspecified atom stereocenters. The van der Waals surface area contributed by atoms with Crippen LogP contribution in [-0.4, -0.2) is 5.78 Å². The summed E-state index contributed by atoms with van der Waals surface area (Å²) >= 11 is 0. The van der Waals surface area contributed by atoms with Gasteiger partial charge in [-0.05, 0) is 19.1 Å². The van der Waals surface area contributed by atoms with Crippen molar-refractivity contribution in [3.05, 3.63) is 53.7 Å². The molecule has 18 heavy (non-hydrogen) atoms. The average molecular weight is 241 g/mol. The number of hydrogen-bond acceptors (Lipinski definition) is 4. The van der Waals surface area contributed by atoms with Crippen LogP contribution in [0.4, 0.5) is 5.69 Å². The number of anilines is 1. The smallest absolute Gasteiger partial charge is 0.263 e. The summed E-state index contributed by atoms with van der Waals surface area (Å²) in [6, 6.07) is 10.7. The van der Waals surface area contributed by atoms with Gasteiger partial charge in [-0.15, -0.1) is 0 Å². The van der Waals surface area contributed by atoms with Crippen LogP contribution in [0, 0.1) is 6.92 Å². The Morgan fingerprint density at radius 1 is 1.11 bits per heavy atom. The molecule has 0 atom stereocenters. The van der Waals surface area contributed by atoms with Gasteiger partial charge in [0.1, 0.15) is 11.3 Å². The van der Waals surface area contributed by atoms with Crippen molar-refractivity contribution in [3.8, 4) is 0 Å². The first kappa shape index (κ1) is 10.7. The lowest BCUT2D eigenvalue weighted by Gasteiger charge is -1.90. The molecule has 0 radical (unpaired) electrons. The van der Waals surface area contributed by atoms with Crippen molar-refractivity contribution >= 4 is 22.4 Å². The van der Waals surface area contributed by atoms with Crippen molar-refractivity contribution in [1.82, 2.24) is 0 Å². The second-order valence-electron chi connectivity index (χ2n) is 4.10. The van der Waals surface area contributed by atoms with Gasteiger partial charge in [0, 0.05) is 11.5 Å². The van der Waals surface area contributed by atoms with Crippen LogP contribution in [-0.2, 0) is 0 Å². The predicted octanol–water partition coefficient (Wildman–Crippen LogP) is 3.15. The first-order valence-electron chi connectivity index (χ1n) is 5.54. The molecule has 90 valence electrons. The molecule has 0 aliphatic rings. The molecule has 0 spiro atoms. The van der Waals surface area contributed by atoms with Crippen LogP contribution in [0.3, 0.4) is 0 Å². The Kier molecular flexibility index (Phi) is 2.23. The van der Waals surface area contributed by atoms with Crippen LogP contribution in [0.5, 0.6) is 0 Å². The van der Waals surface area contributed by atoms with Crippen LogP contribution >= 0.6 is 0 Å². The number of para-hydroxylation sites is 1. The highest BCUT2D eigenvalue weighted by atomic mass is 16.4. The van der Waals surface area contributed by atoms with E-state index in [2.05, 4.69) is 0 Å². The second kappa shape index (κ2) is 3.77. The fourth-order valence-corrected chi connectivity index (χ4v) is 1.82. The van der Waals surface area contributed by atoms with E-state index in [1.54, 1.807) is 13.0 Å². The number of furan rings is 2. The minimum absolute atomic E-state index is 0.198. The molecule has 0 aliphatic heterocycles. The van der Waals surface area contributed by atoms with Gasteiger partial charge in [0.15, 0.2) is 11.5 Å². The highest BCUT2D eigenvalue weighted by molar-refractivity contribution is 6.07. The summed E-state index contributed by atoms with van der Waals surface area (Å²) in [7, 11) is 0. The Morgan fingerprint density at radius 2 is 1.83 bits per heavy atom. The maximum absolute atomic E-state index is 12.1. The standard InChI is InChI=1S/C14H11NO3/c1-8-10(15)7-13(17-8)14(16)12-6-9-4-2-3-5-11(9)18-12/h2-7H,15H2,1H3. The van der Waals surface area contributed by atoms with Gasteiger partial charge in [-0.25, -0.2) is 0 Å². The number of aryl methyl sites for hydroxylation is 1. The lowest BCUT2D eigenvalue weighted by Crippen LogP contribution is -1.96. The monoisotopic (exact) mass is 241 g/mol. The number of carbonyl (C=O) groups excluding carboxylic acids is 1. The Balaban J connectivity index is 2.06. The molecular formula is C14H11NO3. The molecular weight excluding hydrogens is 230 g/mol. The zero-order valence-electron chi connectivity index (χ0n) is 9.77. The highest BCUT2D eigenvalue weighted by Crippen LogP contribution is 2.24. The zero-order valence-corrected chi connectivity index (χ0v) is 9.77. The topological polar surface area (TPSA) is 69.4 Å². The fourth-order valence-electron chi connectivity index (χ4n) is 1.82. The van der Waals surface area contributed by atoms with E-state index in [1.807, 2.05) is 24.3 Å². The molecule has 2 aromatic heterocycles. The maximum Gasteiger partial charge on any atom is 0.263 e. The van der Waals surface area contributed by atoms with Gasteiger partial charge in [0.05, 0.1) is 5.69 Å². The Labute approximate surface area is 103 Å². The van der Waals surface area contributed by atoms with Gasteiger partial charge >= 0.3 is 0 Å². The molecule has 0 saturated heterocycles. The van der Waals surface area contributed by atoms with Crippen LogP contribution in [0.15, 0.2) is 45.2 Å². The Hall–Kier alpha value is -2.49. The molecule has 2 N–H and O–H groups in total. The first-order valence-corrected chi connectivity index (χ1v) is 5.54. The summed E-state index contributed by atoms with van der Waals surface area (Å²) in [4.78, 5) is 12.1. The summed E-state index contributed by atoms with van der Waals surface area (Å²) in [5.41, 5.74) is 6.80. The number of rotatable bonds is 2. The van der Waals surface area contributed by atoms with Gasteiger partial charge in [-0.1, -0.05) is 18.2 Å². The Bertz CT molecular complexity index is 684. The van der Waals surface area contributed by atoms with Gasteiger partial charge in [0.2, 0.25) is 0 Å². The average Bonchev–Trinajstić information content (AvgIpc) is 2.93. The lowest BCUT2D eigenvalue weighted by molar-refractivity contribution is 0.0984. The molecule has 0 bridgehead atoms. The molecule has 3 rings (SSSR count). The van der Waals surface area contributed by atoms with E-state index < -0.39 is 0 Å².